The Labute approximate surface area is 154 Å². The van der Waals surface area contributed by atoms with E-state index in [9.17, 15) is 13.2 Å². The Kier molecular flexibility index (Phi) is 10.0. The fourth-order valence-electron chi connectivity index (χ4n) is 2.50. The van der Waals surface area contributed by atoms with Crippen LogP contribution in [0.2, 0.25) is 5.02 Å². The number of ether oxygens (including phenoxy) is 1. The molecule has 0 saturated heterocycles. The highest BCUT2D eigenvalue weighted by Crippen LogP contribution is 2.19. The van der Waals surface area contributed by atoms with Gasteiger partial charge in [-0.3, -0.25) is 4.79 Å². The van der Waals surface area contributed by atoms with Gasteiger partial charge >= 0.3 is 5.97 Å². The lowest BCUT2D eigenvalue weighted by molar-refractivity contribution is -0.141. The van der Waals surface area contributed by atoms with Crippen LogP contribution in [0.3, 0.4) is 0 Å². The van der Waals surface area contributed by atoms with E-state index in [-0.39, 0.29) is 23.4 Å². The maximum absolute atomic E-state index is 12.1. The van der Waals surface area contributed by atoms with Crippen molar-refractivity contribution in [2.75, 3.05) is 20.3 Å². The van der Waals surface area contributed by atoms with Gasteiger partial charge in [0, 0.05) is 24.6 Å². The molecule has 2 N–H and O–H groups in total. The Morgan fingerprint density at radius 2 is 1.88 bits per heavy atom. The van der Waals surface area contributed by atoms with E-state index in [0.29, 0.717) is 37.3 Å². The second-order valence-corrected chi connectivity index (χ2v) is 8.04. The number of hydrogen-bond acceptors (Lipinski definition) is 5. The van der Waals surface area contributed by atoms with Crippen LogP contribution >= 0.6 is 11.6 Å². The van der Waals surface area contributed by atoms with Crippen LogP contribution in [0.5, 0.6) is 0 Å². The van der Waals surface area contributed by atoms with Gasteiger partial charge in [-0.1, -0.05) is 24.4 Å². The van der Waals surface area contributed by atoms with E-state index in [0.717, 1.165) is 12.8 Å². The molecule has 0 saturated carbocycles. The number of carbonyl (C=O) groups excluding carboxylic acids is 1. The number of nitrogens with one attached hydrogen (secondary N) is 1. The molecule has 1 rings (SSSR count). The van der Waals surface area contributed by atoms with Crippen LogP contribution in [-0.2, 0) is 19.6 Å². The highest BCUT2D eigenvalue weighted by Gasteiger charge is 2.14. The predicted molar refractivity (Wildman–Crippen MR) is 96.9 cm³/mol. The molecule has 0 radical (unpaired) electrons. The molecule has 0 spiro atoms. The molecule has 0 fully saturated rings. The molecule has 0 aliphatic carbocycles. The minimum absolute atomic E-state index is 0.0784. The van der Waals surface area contributed by atoms with E-state index in [4.69, 9.17) is 16.7 Å². The standard InChI is InChI=1S/C17H26ClNO5S/c1-24-17(21)10-5-14(11-13-20)4-2-3-12-19-25(22,23)16-8-6-15(18)7-9-16/h6-9,14,19-20H,2-5,10-13H2,1H3. The fraction of sp³-hybridized carbons (Fsp3) is 0.588. The molecular weight excluding hydrogens is 366 g/mol. The van der Waals surface area contributed by atoms with E-state index in [1.54, 1.807) is 0 Å². The Morgan fingerprint density at radius 3 is 2.48 bits per heavy atom. The summed E-state index contributed by atoms with van der Waals surface area (Å²) in [5.74, 6) is -0.0179. The first kappa shape index (κ1) is 21.9. The summed E-state index contributed by atoms with van der Waals surface area (Å²) in [5.41, 5.74) is 0. The number of benzene rings is 1. The summed E-state index contributed by atoms with van der Waals surface area (Å²) in [6.07, 6.45) is 3.98. The second kappa shape index (κ2) is 11.5. The molecule has 0 bridgehead atoms. The third-order valence-corrected chi connectivity index (χ3v) is 5.71. The number of aliphatic hydroxyl groups is 1. The van der Waals surface area contributed by atoms with Crippen LogP contribution in [-0.4, -0.2) is 39.8 Å². The first-order valence-electron chi connectivity index (χ1n) is 8.32. The summed E-state index contributed by atoms with van der Waals surface area (Å²) in [4.78, 5) is 11.4. The molecule has 8 heteroatoms. The zero-order chi connectivity index (χ0) is 18.7. The van der Waals surface area contributed by atoms with Crippen molar-refractivity contribution >= 4 is 27.6 Å². The van der Waals surface area contributed by atoms with Crippen molar-refractivity contribution < 1.29 is 23.1 Å². The number of esters is 1. The van der Waals surface area contributed by atoms with Crippen LogP contribution < -0.4 is 4.72 Å². The molecule has 25 heavy (non-hydrogen) atoms. The number of sulfonamides is 1. The van der Waals surface area contributed by atoms with Gasteiger partial charge in [0.15, 0.2) is 0 Å². The monoisotopic (exact) mass is 391 g/mol. The average molecular weight is 392 g/mol. The SMILES string of the molecule is COC(=O)CCC(CCO)CCCCNS(=O)(=O)c1ccc(Cl)cc1. The van der Waals surface area contributed by atoms with Crippen molar-refractivity contribution in [3.8, 4) is 0 Å². The number of hydrogen-bond donors (Lipinski definition) is 2. The normalized spacial score (nSPS) is 12.8. The summed E-state index contributed by atoms with van der Waals surface area (Å²) in [6, 6.07) is 6.01. The largest absolute Gasteiger partial charge is 0.469 e. The van der Waals surface area contributed by atoms with Gasteiger partial charge < -0.3 is 9.84 Å². The van der Waals surface area contributed by atoms with Gasteiger partial charge in [0.1, 0.15) is 0 Å². The summed E-state index contributed by atoms with van der Waals surface area (Å²) in [7, 11) is -2.17. The highest BCUT2D eigenvalue weighted by atomic mass is 35.5. The fourth-order valence-corrected chi connectivity index (χ4v) is 3.70. The summed E-state index contributed by atoms with van der Waals surface area (Å²) in [5, 5.41) is 9.58. The zero-order valence-corrected chi connectivity index (χ0v) is 16.0. The summed E-state index contributed by atoms with van der Waals surface area (Å²) < 4.78 is 31.4. The molecule has 0 heterocycles. The van der Waals surface area contributed by atoms with Crippen molar-refractivity contribution in [2.45, 2.75) is 43.4 Å². The molecule has 0 aliphatic heterocycles. The lowest BCUT2D eigenvalue weighted by Gasteiger charge is -2.15. The quantitative estimate of drug-likeness (QED) is 0.422. The van der Waals surface area contributed by atoms with Crippen LogP contribution in [0.1, 0.15) is 38.5 Å². The third kappa shape index (κ3) is 8.67. The van der Waals surface area contributed by atoms with Gasteiger partial charge in [-0.05, 0) is 49.4 Å². The van der Waals surface area contributed by atoms with E-state index in [1.807, 2.05) is 0 Å². The molecule has 0 amide bonds. The Balaban J connectivity index is 2.33. The number of methoxy groups -OCH3 is 1. The van der Waals surface area contributed by atoms with Crippen LogP contribution in [0.25, 0.3) is 0 Å². The van der Waals surface area contributed by atoms with E-state index in [1.165, 1.54) is 31.4 Å². The zero-order valence-electron chi connectivity index (χ0n) is 14.4. The van der Waals surface area contributed by atoms with Crippen LogP contribution in [0.15, 0.2) is 29.2 Å². The smallest absolute Gasteiger partial charge is 0.305 e. The topological polar surface area (TPSA) is 92.7 Å². The minimum atomic E-state index is -3.52. The van der Waals surface area contributed by atoms with Crippen molar-refractivity contribution in [1.82, 2.24) is 4.72 Å². The molecule has 1 aromatic rings. The first-order chi connectivity index (χ1) is 11.9. The van der Waals surface area contributed by atoms with Crippen LogP contribution in [0.4, 0.5) is 0 Å². The molecule has 142 valence electrons. The number of aliphatic hydroxyl groups excluding tert-OH is 1. The Bertz CT molecular complexity index is 618. The van der Waals surface area contributed by atoms with E-state index >= 15 is 0 Å². The molecule has 1 atom stereocenters. The van der Waals surface area contributed by atoms with Crippen molar-refractivity contribution in [3.05, 3.63) is 29.3 Å². The lowest BCUT2D eigenvalue weighted by Crippen LogP contribution is -2.24. The van der Waals surface area contributed by atoms with Gasteiger partial charge in [0.25, 0.3) is 0 Å². The van der Waals surface area contributed by atoms with Gasteiger partial charge in [0.2, 0.25) is 10.0 Å². The number of rotatable bonds is 12. The van der Waals surface area contributed by atoms with Gasteiger partial charge in [-0.2, -0.15) is 0 Å². The maximum Gasteiger partial charge on any atom is 0.305 e. The second-order valence-electron chi connectivity index (χ2n) is 5.84. The van der Waals surface area contributed by atoms with Crippen molar-refractivity contribution in [3.63, 3.8) is 0 Å². The Hall–Kier alpha value is -1.15. The van der Waals surface area contributed by atoms with Crippen molar-refractivity contribution in [1.29, 1.82) is 0 Å². The van der Waals surface area contributed by atoms with Gasteiger partial charge in [-0.15, -0.1) is 0 Å². The number of unbranched alkanes of at least 4 members (excludes halogenated alkanes) is 1. The summed E-state index contributed by atoms with van der Waals surface area (Å²) >= 11 is 5.76. The molecule has 0 aliphatic rings. The lowest BCUT2D eigenvalue weighted by atomic mass is 9.94. The van der Waals surface area contributed by atoms with Gasteiger partial charge in [-0.25, -0.2) is 13.1 Å². The molecule has 6 nitrogen and oxygen atoms in total. The predicted octanol–water partition coefficient (Wildman–Crippen LogP) is 2.74. The van der Waals surface area contributed by atoms with E-state index < -0.39 is 10.0 Å². The number of halogens is 1. The third-order valence-electron chi connectivity index (χ3n) is 3.98. The Morgan fingerprint density at radius 1 is 1.20 bits per heavy atom. The molecular formula is C17H26ClNO5S. The van der Waals surface area contributed by atoms with Gasteiger partial charge in [0.05, 0.1) is 12.0 Å². The molecule has 1 aromatic carbocycles. The highest BCUT2D eigenvalue weighted by molar-refractivity contribution is 7.89. The molecule has 0 aromatic heterocycles. The van der Waals surface area contributed by atoms with Crippen LogP contribution in [0, 0.1) is 5.92 Å². The van der Waals surface area contributed by atoms with E-state index in [2.05, 4.69) is 9.46 Å². The molecule has 1 unspecified atom stereocenters. The summed E-state index contributed by atoms with van der Waals surface area (Å²) in [6.45, 7) is 0.419. The minimum Gasteiger partial charge on any atom is -0.469 e. The average Bonchev–Trinajstić information content (AvgIpc) is 2.59. The number of carbonyl (C=O) groups is 1. The van der Waals surface area contributed by atoms with Crippen molar-refractivity contribution in [2.24, 2.45) is 5.92 Å². The maximum atomic E-state index is 12.1. The first-order valence-corrected chi connectivity index (χ1v) is 10.2.